The molecule has 1 atom stereocenters. The maximum atomic E-state index is 13.4. The number of hydrogen-bond acceptors (Lipinski definition) is 4. The van der Waals surface area contributed by atoms with Crippen LogP contribution in [0.25, 0.3) is 0 Å². The third-order valence-corrected chi connectivity index (χ3v) is 5.80. The van der Waals surface area contributed by atoms with Gasteiger partial charge in [0, 0.05) is 12.6 Å². The number of benzene rings is 1. The van der Waals surface area contributed by atoms with Crippen molar-refractivity contribution in [3.63, 3.8) is 0 Å². The monoisotopic (exact) mass is 333 g/mol. The van der Waals surface area contributed by atoms with Crippen LogP contribution in [0.5, 0.6) is 0 Å². The molecule has 0 bridgehead atoms. The molecule has 122 valence electrons. The van der Waals surface area contributed by atoms with Gasteiger partial charge in [-0.1, -0.05) is 6.42 Å². The highest BCUT2D eigenvalue weighted by molar-refractivity contribution is 7.89. The van der Waals surface area contributed by atoms with Gasteiger partial charge in [0.2, 0.25) is 10.0 Å². The summed E-state index contributed by atoms with van der Waals surface area (Å²) >= 11 is 0. The zero-order valence-electron chi connectivity index (χ0n) is 11.9. The van der Waals surface area contributed by atoms with Crippen LogP contribution in [0.3, 0.4) is 0 Å². The van der Waals surface area contributed by atoms with Crippen LogP contribution in [0.15, 0.2) is 23.1 Å². The molecule has 2 aliphatic rings. The predicted octanol–water partition coefficient (Wildman–Crippen LogP) is 1.88. The number of nitrogens with zero attached hydrogens (tertiary/aromatic N) is 1. The Morgan fingerprint density at radius 3 is 2.32 bits per heavy atom. The van der Waals surface area contributed by atoms with Gasteiger partial charge in [0.1, 0.15) is 11.6 Å². The van der Waals surface area contributed by atoms with Gasteiger partial charge in [0.15, 0.2) is 6.29 Å². The molecule has 22 heavy (non-hydrogen) atoms. The lowest BCUT2D eigenvalue weighted by atomic mass is 10.0. The molecule has 0 aromatic heterocycles. The van der Waals surface area contributed by atoms with Crippen LogP contribution in [0.2, 0.25) is 0 Å². The first kappa shape index (κ1) is 15.8. The van der Waals surface area contributed by atoms with Crippen molar-refractivity contribution in [2.75, 3.05) is 19.8 Å². The highest BCUT2D eigenvalue weighted by atomic mass is 32.2. The van der Waals surface area contributed by atoms with Gasteiger partial charge in [-0.05, 0) is 25.0 Å². The molecule has 2 heterocycles. The molecule has 0 radical (unpaired) electrons. The first-order chi connectivity index (χ1) is 10.5. The Labute approximate surface area is 127 Å². The first-order valence-corrected chi connectivity index (χ1v) is 8.63. The summed E-state index contributed by atoms with van der Waals surface area (Å²) in [5.41, 5.74) is 0. The molecule has 0 N–H and O–H groups in total. The van der Waals surface area contributed by atoms with Gasteiger partial charge in [-0.3, -0.25) is 0 Å². The van der Waals surface area contributed by atoms with E-state index in [0.29, 0.717) is 32.1 Å². The van der Waals surface area contributed by atoms with Crippen LogP contribution in [0, 0.1) is 11.6 Å². The predicted molar refractivity (Wildman–Crippen MR) is 73.6 cm³/mol. The van der Waals surface area contributed by atoms with Gasteiger partial charge in [-0.2, -0.15) is 4.31 Å². The maximum Gasteiger partial charge on any atom is 0.243 e. The van der Waals surface area contributed by atoms with Crippen LogP contribution in [0.4, 0.5) is 8.78 Å². The molecule has 2 aliphatic heterocycles. The molecular formula is C14H17F2NO4S. The molecule has 0 aliphatic carbocycles. The number of halogens is 2. The van der Waals surface area contributed by atoms with Crippen molar-refractivity contribution in [1.29, 1.82) is 0 Å². The van der Waals surface area contributed by atoms with E-state index in [1.165, 1.54) is 4.31 Å². The third-order valence-electron chi connectivity index (χ3n) is 3.90. The van der Waals surface area contributed by atoms with Gasteiger partial charge < -0.3 is 9.47 Å². The second kappa shape index (κ2) is 6.19. The van der Waals surface area contributed by atoms with Crippen LogP contribution in [-0.4, -0.2) is 44.8 Å². The molecule has 1 aromatic carbocycles. The largest absolute Gasteiger partial charge is 0.349 e. The number of sulfonamides is 1. The van der Waals surface area contributed by atoms with Gasteiger partial charge in [0.25, 0.3) is 0 Å². The molecule has 5 nitrogen and oxygen atoms in total. The van der Waals surface area contributed by atoms with E-state index in [1.54, 1.807) is 0 Å². The lowest BCUT2D eigenvalue weighted by Gasteiger charge is -2.36. The zero-order chi connectivity index (χ0) is 15.7. The summed E-state index contributed by atoms with van der Waals surface area (Å²) in [5.74, 6) is -1.83. The number of piperidine rings is 1. The van der Waals surface area contributed by atoms with E-state index in [1.807, 2.05) is 0 Å². The quantitative estimate of drug-likeness (QED) is 0.847. The van der Waals surface area contributed by atoms with Gasteiger partial charge in [-0.15, -0.1) is 0 Å². The molecule has 2 saturated heterocycles. The average Bonchev–Trinajstić information content (AvgIpc) is 3.00. The standard InChI is InChI=1S/C14H17F2NO4S/c15-10-7-11(16)9-12(8-10)22(18,19)17-4-2-1-3-13(17)14-20-5-6-21-14/h7-9,13-14H,1-6H2. The highest BCUT2D eigenvalue weighted by Gasteiger charge is 2.40. The lowest BCUT2D eigenvalue weighted by Crippen LogP contribution is -2.50. The topological polar surface area (TPSA) is 55.8 Å². The summed E-state index contributed by atoms with van der Waals surface area (Å²) in [4.78, 5) is -0.380. The second-order valence-corrected chi connectivity index (χ2v) is 7.28. The Hall–Kier alpha value is -1.09. The Balaban J connectivity index is 1.94. The fourth-order valence-electron chi connectivity index (χ4n) is 2.91. The number of hydrogen-bond donors (Lipinski definition) is 0. The SMILES string of the molecule is O=S(=O)(c1cc(F)cc(F)c1)N1CCCCC1C1OCCO1. The number of rotatable bonds is 3. The van der Waals surface area contributed by atoms with Crippen LogP contribution in [-0.2, 0) is 19.5 Å². The maximum absolute atomic E-state index is 13.4. The summed E-state index contributed by atoms with van der Waals surface area (Å²) in [6.45, 7) is 1.13. The van der Waals surface area contributed by atoms with Crippen LogP contribution < -0.4 is 0 Å². The normalized spacial score (nSPS) is 24.7. The van der Waals surface area contributed by atoms with Crippen molar-refractivity contribution in [3.8, 4) is 0 Å². The molecule has 3 rings (SSSR count). The van der Waals surface area contributed by atoms with Crippen molar-refractivity contribution in [2.24, 2.45) is 0 Å². The van der Waals surface area contributed by atoms with E-state index in [4.69, 9.17) is 9.47 Å². The van der Waals surface area contributed by atoms with Crippen LogP contribution >= 0.6 is 0 Å². The van der Waals surface area contributed by atoms with E-state index in [-0.39, 0.29) is 11.4 Å². The van der Waals surface area contributed by atoms with E-state index in [0.717, 1.165) is 18.6 Å². The Kier molecular flexibility index (Phi) is 4.44. The lowest BCUT2D eigenvalue weighted by molar-refractivity contribution is -0.0913. The van der Waals surface area contributed by atoms with Gasteiger partial charge >= 0.3 is 0 Å². The summed E-state index contributed by atoms with van der Waals surface area (Å²) in [6.07, 6.45) is 1.53. The van der Waals surface area contributed by atoms with Crippen molar-refractivity contribution in [2.45, 2.75) is 36.5 Å². The minimum atomic E-state index is -4.00. The number of ether oxygens (including phenoxy) is 2. The van der Waals surface area contributed by atoms with Crippen molar-refractivity contribution < 1.29 is 26.7 Å². The summed E-state index contributed by atoms with van der Waals surface area (Å²) in [7, 11) is -4.00. The molecule has 2 fully saturated rings. The minimum absolute atomic E-state index is 0.286. The summed E-state index contributed by atoms with van der Waals surface area (Å²) in [5, 5.41) is 0. The third kappa shape index (κ3) is 3.01. The highest BCUT2D eigenvalue weighted by Crippen LogP contribution is 2.30. The molecule has 8 heteroatoms. The molecule has 1 unspecified atom stereocenters. The smallest absolute Gasteiger partial charge is 0.243 e. The van der Waals surface area contributed by atoms with E-state index in [2.05, 4.69) is 0 Å². The van der Waals surface area contributed by atoms with E-state index < -0.39 is 34.0 Å². The van der Waals surface area contributed by atoms with Crippen molar-refractivity contribution in [3.05, 3.63) is 29.8 Å². The Morgan fingerprint density at radius 2 is 1.68 bits per heavy atom. The summed E-state index contributed by atoms with van der Waals surface area (Å²) < 4.78 is 64.3. The molecule has 0 saturated carbocycles. The zero-order valence-corrected chi connectivity index (χ0v) is 12.7. The first-order valence-electron chi connectivity index (χ1n) is 7.19. The van der Waals surface area contributed by atoms with E-state index >= 15 is 0 Å². The molecule has 1 aromatic rings. The Bertz CT molecular complexity index is 626. The second-order valence-electron chi connectivity index (χ2n) is 5.39. The fourth-order valence-corrected chi connectivity index (χ4v) is 4.64. The summed E-state index contributed by atoms with van der Waals surface area (Å²) in [6, 6.07) is 1.85. The van der Waals surface area contributed by atoms with Crippen LogP contribution in [0.1, 0.15) is 19.3 Å². The van der Waals surface area contributed by atoms with Crippen molar-refractivity contribution in [1.82, 2.24) is 4.31 Å². The van der Waals surface area contributed by atoms with Crippen molar-refractivity contribution >= 4 is 10.0 Å². The molecule has 0 amide bonds. The average molecular weight is 333 g/mol. The Morgan fingerprint density at radius 1 is 1.05 bits per heavy atom. The van der Waals surface area contributed by atoms with Gasteiger partial charge in [0.05, 0.1) is 24.2 Å². The van der Waals surface area contributed by atoms with Gasteiger partial charge in [-0.25, -0.2) is 17.2 Å². The minimum Gasteiger partial charge on any atom is -0.349 e. The van der Waals surface area contributed by atoms with E-state index in [9.17, 15) is 17.2 Å². The molecular weight excluding hydrogens is 316 g/mol. The fraction of sp³-hybridized carbons (Fsp3) is 0.571. The molecule has 0 spiro atoms.